The molecule has 37 heavy (non-hydrogen) atoms. The van der Waals surface area contributed by atoms with Crippen molar-refractivity contribution in [1.29, 1.82) is 0 Å². The highest BCUT2D eigenvalue weighted by Crippen LogP contribution is 2.34. The Hall–Kier alpha value is -2.87. The predicted molar refractivity (Wildman–Crippen MR) is 145 cm³/mol. The van der Waals surface area contributed by atoms with Gasteiger partial charge in [-0.15, -0.1) is 11.3 Å². The molecule has 0 saturated carbocycles. The lowest BCUT2D eigenvalue weighted by atomic mass is 10.00. The van der Waals surface area contributed by atoms with Crippen molar-refractivity contribution in [2.45, 2.75) is 38.3 Å². The topological polar surface area (TPSA) is 59.1 Å². The second-order valence-electron chi connectivity index (χ2n) is 9.61. The molecule has 2 aromatic carbocycles. The number of carbonyl (C=O) groups excluding carboxylic acids is 2. The number of nitrogens with zero attached hydrogens (tertiary/aromatic N) is 2. The van der Waals surface area contributed by atoms with Crippen LogP contribution in [0, 0.1) is 6.92 Å². The van der Waals surface area contributed by atoms with Gasteiger partial charge in [-0.3, -0.25) is 9.59 Å². The zero-order chi connectivity index (χ0) is 25.8. The summed E-state index contributed by atoms with van der Waals surface area (Å²) in [6.45, 7) is 4.02. The van der Waals surface area contributed by atoms with Crippen LogP contribution in [-0.4, -0.2) is 60.6 Å². The van der Waals surface area contributed by atoms with Crippen molar-refractivity contribution in [3.63, 3.8) is 0 Å². The first kappa shape index (κ1) is 25.8. The minimum Gasteiger partial charge on any atom is -0.491 e. The molecule has 2 aliphatic rings. The molecule has 8 heteroatoms. The lowest BCUT2D eigenvalue weighted by Crippen LogP contribution is -2.49. The van der Waals surface area contributed by atoms with Gasteiger partial charge >= 0.3 is 0 Å². The summed E-state index contributed by atoms with van der Waals surface area (Å²) < 4.78 is 12.0. The van der Waals surface area contributed by atoms with Crippen LogP contribution in [0.25, 0.3) is 0 Å². The Bertz CT molecular complexity index is 1240. The number of rotatable bonds is 8. The molecule has 6 nitrogen and oxygen atoms in total. The fourth-order valence-corrected chi connectivity index (χ4v) is 6.11. The van der Waals surface area contributed by atoms with Crippen molar-refractivity contribution in [3.05, 3.63) is 86.6 Å². The number of amides is 2. The van der Waals surface area contributed by atoms with Gasteiger partial charge in [-0.25, -0.2) is 0 Å². The van der Waals surface area contributed by atoms with Crippen LogP contribution in [0.2, 0.25) is 5.02 Å². The van der Waals surface area contributed by atoms with Crippen LogP contribution in [0.15, 0.2) is 60.0 Å². The summed E-state index contributed by atoms with van der Waals surface area (Å²) in [5.74, 6) is 0.464. The lowest BCUT2D eigenvalue weighted by Gasteiger charge is -2.37. The molecule has 0 radical (unpaired) electrons. The van der Waals surface area contributed by atoms with Gasteiger partial charge in [0, 0.05) is 35.2 Å². The number of fused-ring (bicyclic) bond motifs is 1. The zero-order valence-corrected chi connectivity index (χ0v) is 22.5. The van der Waals surface area contributed by atoms with Crippen molar-refractivity contribution in [3.8, 4) is 5.75 Å². The van der Waals surface area contributed by atoms with E-state index in [0.29, 0.717) is 36.9 Å². The van der Waals surface area contributed by atoms with Gasteiger partial charge in [-0.05, 0) is 73.5 Å². The van der Waals surface area contributed by atoms with Gasteiger partial charge in [-0.1, -0.05) is 35.4 Å². The Morgan fingerprint density at radius 1 is 1.19 bits per heavy atom. The third-order valence-electron chi connectivity index (χ3n) is 6.98. The van der Waals surface area contributed by atoms with E-state index < -0.39 is 0 Å². The van der Waals surface area contributed by atoms with Crippen molar-refractivity contribution >= 4 is 34.8 Å². The van der Waals surface area contributed by atoms with E-state index >= 15 is 0 Å². The average Bonchev–Trinajstić information content (AvgIpc) is 3.59. The normalized spacial score (nSPS) is 18.9. The Labute approximate surface area is 226 Å². The summed E-state index contributed by atoms with van der Waals surface area (Å²) in [5, 5.41) is 2.56. The van der Waals surface area contributed by atoms with E-state index in [1.165, 1.54) is 4.88 Å². The highest BCUT2D eigenvalue weighted by molar-refractivity contribution is 7.10. The van der Waals surface area contributed by atoms with Crippen LogP contribution in [0.1, 0.15) is 45.2 Å². The smallest absolute Gasteiger partial charge is 0.254 e. The van der Waals surface area contributed by atoms with E-state index in [4.69, 9.17) is 21.1 Å². The highest BCUT2D eigenvalue weighted by atomic mass is 35.5. The molecule has 0 N–H and O–H groups in total. The number of thiophene rings is 1. The quantitative estimate of drug-likeness (QED) is 0.378. The van der Waals surface area contributed by atoms with Gasteiger partial charge in [0.1, 0.15) is 18.9 Å². The van der Waals surface area contributed by atoms with Crippen molar-refractivity contribution in [2.75, 3.05) is 32.8 Å². The molecule has 1 aromatic heterocycles. The number of carbonyl (C=O) groups is 2. The number of aryl methyl sites for hydroxylation is 1. The molecule has 0 spiro atoms. The first-order valence-electron chi connectivity index (χ1n) is 12.7. The first-order chi connectivity index (χ1) is 18.0. The second-order valence-corrected chi connectivity index (χ2v) is 11.0. The molecule has 3 heterocycles. The molecule has 5 rings (SSSR count). The fourth-order valence-electron chi connectivity index (χ4n) is 5.00. The van der Waals surface area contributed by atoms with Crippen LogP contribution in [-0.2, 0) is 16.0 Å². The van der Waals surface area contributed by atoms with Crippen LogP contribution < -0.4 is 4.74 Å². The maximum absolute atomic E-state index is 13.8. The second kappa shape index (κ2) is 11.7. The Morgan fingerprint density at radius 3 is 2.78 bits per heavy atom. The molecular weight excluding hydrogens is 508 g/mol. The van der Waals surface area contributed by atoms with Crippen LogP contribution in [0.4, 0.5) is 0 Å². The molecule has 2 aliphatic heterocycles. The third-order valence-corrected chi connectivity index (χ3v) is 8.21. The van der Waals surface area contributed by atoms with Crippen molar-refractivity contribution in [2.24, 2.45) is 0 Å². The molecule has 1 saturated heterocycles. The summed E-state index contributed by atoms with van der Waals surface area (Å²) in [4.78, 5) is 32.1. The standard InChI is InChI=1S/C29H31ClN2O4S/c1-20-7-9-23(10-8-20)36-19-26-25-12-15-37-27(25)11-13-32(26)28(33)18-31(17-24-6-3-14-35-24)29(34)21-4-2-5-22(30)16-21/h2,4-5,7-10,12,15-16,24,26H,3,6,11,13-14,17-19H2,1H3/t24-,26+/m0/s1. The molecular formula is C29H31ClN2O4S. The molecule has 2 atom stereocenters. The van der Waals surface area contributed by atoms with E-state index in [1.807, 2.05) is 36.1 Å². The van der Waals surface area contributed by atoms with Gasteiger partial charge in [0.2, 0.25) is 5.91 Å². The van der Waals surface area contributed by atoms with E-state index in [9.17, 15) is 9.59 Å². The lowest BCUT2D eigenvalue weighted by molar-refractivity contribution is -0.135. The predicted octanol–water partition coefficient (Wildman–Crippen LogP) is 5.54. The summed E-state index contributed by atoms with van der Waals surface area (Å²) in [6, 6.07) is 16.7. The summed E-state index contributed by atoms with van der Waals surface area (Å²) >= 11 is 7.88. The van der Waals surface area contributed by atoms with Crippen molar-refractivity contribution < 1.29 is 19.1 Å². The molecule has 0 aliphatic carbocycles. The maximum Gasteiger partial charge on any atom is 0.254 e. The Morgan fingerprint density at radius 2 is 2.03 bits per heavy atom. The zero-order valence-electron chi connectivity index (χ0n) is 20.9. The highest BCUT2D eigenvalue weighted by Gasteiger charge is 2.34. The maximum atomic E-state index is 13.8. The molecule has 194 valence electrons. The summed E-state index contributed by atoms with van der Waals surface area (Å²) in [7, 11) is 0. The number of benzene rings is 2. The van der Waals surface area contributed by atoms with E-state index in [2.05, 4.69) is 11.4 Å². The number of hydrogen-bond acceptors (Lipinski definition) is 5. The van der Waals surface area contributed by atoms with Crippen LogP contribution in [0.5, 0.6) is 5.75 Å². The SMILES string of the molecule is Cc1ccc(OC[C@@H]2c3ccsc3CCN2C(=O)CN(C[C@@H]2CCCO2)C(=O)c2cccc(Cl)c2)cc1. The van der Waals surface area contributed by atoms with Crippen LogP contribution >= 0.6 is 22.9 Å². The van der Waals surface area contributed by atoms with Crippen LogP contribution in [0.3, 0.4) is 0 Å². The Balaban J connectivity index is 1.35. The molecule has 0 unspecified atom stereocenters. The number of ether oxygens (including phenoxy) is 2. The minimum atomic E-state index is -0.216. The average molecular weight is 539 g/mol. The van der Waals surface area contributed by atoms with E-state index in [0.717, 1.165) is 36.1 Å². The van der Waals surface area contributed by atoms with Crippen molar-refractivity contribution in [1.82, 2.24) is 9.80 Å². The van der Waals surface area contributed by atoms with E-state index in [-0.39, 0.29) is 30.5 Å². The largest absolute Gasteiger partial charge is 0.491 e. The first-order valence-corrected chi connectivity index (χ1v) is 14.0. The van der Waals surface area contributed by atoms with Gasteiger partial charge in [-0.2, -0.15) is 0 Å². The third kappa shape index (κ3) is 6.17. The molecule has 2 amide bonds. The van der Waals surface area contributed by atoms with Gasteiger partial charge in [0.05, 0.1) is 12.1 Å². The van der Waals surface area contributed by atoms with Gasteiger partial charge in [0.25, 0.3) is 5.91 Å². The number of halogens is 1. The van der Waals surface area contributed by atoms with Gasteiger partial charge in [0.15, 0.2) is 0 Å². The fraction of sp³-hybridized carbons (Fsp3) is 0.379. The minimum absolute atomic E-state index is 0.0221. The summed E-state index contributed by atoms with van der Waals surface area (Å²) in [6.07, 6.45) is 2.57. The molecule has 3 aromatic rings. The monoisotopic (exact) mass is 538 g/mol. The van der Waals surface area contributed by atoms with E-state index in [1.54, 1.807) is 40.5 Å². The summed E-state index contributed by atoms with van der Waals surface area (Å²) in [5.41, 5.74) is 2.76. The number of hydrogen-bond donors (Lipinski definition) is 0. The molecule has 1 fully saturated rings. The Kier molecular flexibility index (Phi) is 8.13. The van der Waals surface area contributed by atoms with Gasteiger partial charge < -0.3 is 19.3 Å². The molecule has 0 bridgehead atoms.